The molecule has 1 aromatic heterocycles. The van der Waals surface area contributed by atoms with E-state index in [-0.39, 0.29) is 17.7 Å². The molecule has 0 saturated carbocycles. The maximum atomic E-state index is 13.2. The topological polar surface area (TPSA) is 96.0 Å². The first-order valence-corrected chi connectivity index (χ1v) is 13.5. The van der Waals surface area contributed by atoms with Crippen molar-refractivity contribution in [3.05, 3.63) is 26.8 Å². The van der Waals surface area contributed by atoms with Gasteiger partial charge in [0.05, 0.1) is 23.0 Å². The van der Waals surface area contributed by atoms with Crippen LogP contribution in [-0.4, -0.2) is 75.0 Å². The lowest BCUT2D eigenvalue weighted by molar-refractivity contribution is -0.149. The number of amides is 2. The van der Waals surface area contributed by atoms with Crippen molar-refractivity contribution in [2.75, 3.05) is 32.8 Å². The highest BCUT2D eigenvalue weighted by Gasteiger charge is 2.43. The fourth-order valence-corrected chi connectivity index (χ4v) is 6.38. The highest BCUT2D eigenvalue weighted by atomic mass is 35.5. The zero-order valence-electron chi connectivity index (χ0n) is 18.5. The molecule has 2 saturated heterocycles. The van der Waals surface area contributed by atoms with E-state index < -0.39 is 22.1 Å². The summed E-state index contributed by atoms with van der Waals surface area (Å²) in [6.07, 6.45) is 1.05. The summed E-state index contributed by atoms with van der Waals surface area (Å²) in [7, 11) is -3.86. The number of carbonyl (C=O) groups excluding carboxylic acids is 2. The molecule has 2 fully saturated rings. The molecule has 3 atom stereocenters. The van der Waals surface area contributed by atoms with Crippen LogP contribution in [0.5, 0.6) is 0 Å². The third-order valence-electron chi connectivity index (χ3n) is 5.93. The van der Waals surface area contributed by atoms with Crippen molar-refractivity contribution in [1.29, 1.82) is 0 Å². The van der Waals surface area contributed by atoms with Crippen molar-refractivity contribution in [3.8, 4) is 0 Å². The van der Waals surface area contributed by atoms with Crippen LogP contribution in [0.1, 0.15) is 38.5 Å². The van der Waals surface area contributed by atoms with Crippen LogP contribution in [-0.2, 0) is 24.3 Å². The summed E-state index contributed by atoms with van der Waals surface area (Å²) < 4.78 is 33.8. The number of likely N-dealkylation sites (tertiary alicyclic amines) is 1. The van der Waals surface area contributed by atoms with Crippen molar-refractivity contribution in [2.45, 2.75) is 45.7 Å². The van der Waals surface area contributed by atoms with Crippen LogP contribution in [0.4, 0.5) is 0 Å². The van der Waals surface area contributed by atoms with Crippen molar-refractivity contribution in [2.24, 2.45) is 5.92 Å². The summed E-state index contributed by atoms with van der Waals surface area (Å²) in [4.78, 5) is 30.4. The van der Waals surface area contributed by atoms with E-state index in [9.17, 15) is 18.0 Å². The van der Waals surface area contributed by atoms with Gasteiger partial charge >= 0.3 is 0 Å². The monoisotopic (exact) mass is 503 g/mol. The highest BCUT2D eigenvalue weighted by Crippen LogP contribution is 2.28. The minimum atomic E-state index is -3.86. The number of carbonyl (C=O) groups is 2. The van der Waals surface area contributed by atoms with Gasteiger partial charge in [-0.2, -0.15) is 4.72 Å². The fourth-order valence-electron chi connectivity index (χ4n) is 4.01. The van der Waals surface area contributed by atoms with Gasteiger partial charge in [0.15, 0.2) is 0 Å². The number of rotatable bonds is 8. The molecule has 8 nitrogen and oxygen atoms in total. The molecule has 0 aliphatic carbocycles. The zero-order valence-corrected chi connectivity index (χ0v) is 20.9. The Morgan fingerprint density at radius 1 is 1.34 bits per heavy atom. The number of hydrogen-bond acceptors (Lipinski definition) is 6. The molecular formula is C21H30ClN3O5S2. The van der Waals surface area contributed by atoms with Gasteiger partial charge in [-0.05, 0) is 37.0 Å². The van der Waals surface area contributed by atoms with E-state index in [0.717, 1.165) is 16.7 Å². The van der Waals surface area contributed by atoms with Crippen molar-refractivity contribution < 1.29 is 22.7 Å². The first-order chi connectivity index (χ1) is 15.1. The van der Waals surface area contributed by atoms with Crippen molar-refractivity contribution in [3.63, 3.8) is 0 Å². The molecule has 1 N–H and O–H groups in total. The van der Waals surface area contributed by atoms with Gasteiger partial charge < -0.3 is 14.5 Å². The third kappa shape index (κ3) is 5.91. The van der Waals surface area contributed by atoms with Gasteiger partial charge in [0, 0.05) is 24.5 Å². The van der Waals surface area contributed by atoms with Crippen LogP contribution < -0.4 is 4.72 Å². The SMILES string of the molecule is CC[C@H](C)[C@@H](C(=O)N1CCOCC1)N1CC[C@H](NS(=O)(=O)C=C(C)c2ccc(Cl)s2)C1=O. The number of hydrogen-bond donors (Lipinski definition) is 1. The maximum Gasteiger partial charge on any atom is 0.245 e. The number of thiophene rings is 1. The molecule has 0 radical (unpaired) electrons. The second-order valence-corrected chi connectivity index (χ2v) is 11.5. The van der Waals surface area contributed by atoms with Crippen LogP contribution >= 0.6 is 22.9 Å². The van der Waals surface area contributed by atoms with Crippen molar-refractivity contribution >= 4 is 50.3 Å². The van der Waals surface area contributed by atoms with Gasteiger partial charge in [-0.25, -0.2) is 8.42 Å². The first kappa shape index (κ1) is 25.2. The molecule has 2 aliphatic heterocycles. The molecule has 0 unspecified atom stereocenters. The molecular weight excluding hydrogens is 474 g/mol. The molecule has 32 heavy (non-hydrogen) atoms. The molecule has 0 aromatic carbocycles. The van der Waals surface area contributed by atoms with E-state index in [1.54, 1.807) is 28.9 Å². The number of nitrogens with one attached hydrogen (secondary N) is 1. The lowest BCUT2D eigenvalue weighted by Gasteiger charge is -2.37. The zero-order chi connectivity index (χ0) is 23.5. The number of nitrogens with zero attached hydrogens (tertiary/aromatic N) is 2. The quantitative estimate of drug-likeness (QED) is 0.588. The van der Waals surface area contributed by atoms with E-state index in [1.807, 2.05) is 13.8 Å². The Balaban J connectivity index is 1.73. The van der Waals surface area contributed by atoms with Gasteiger partial charge in [0.1, 0.15) is 12.1 Å². The lowest BCUT2D eigenvalue weighted by Crippen LogP contribution is -2.56. The van der Waals surface area contributed by atoms with Gasteiger partial charge in [-0.15, -0.1) is 11.3 Å². The van der Waals surface area contributed by atoms with Crippen LogP contribution in [0.2, 0.25) is 4.34 Å². The fraction of sp³-hybridized carbons (Fsp3) is 0.619. The lowest BCUT2D eigenvalue weighted by atomic mass is 9.96. The first-order valence-electron chi connectivity index (χ1n) is 10.8. The number of ether oxygens (including phenoxy) is 1. The normalized spacial score (nSPS) is 22.3. The summed E-state index contributed by atoms with van der Waals surface area (Å²) in [5, 5.41) is 1.12. The van der Waals surface area contributed by atoms with Crippen molar-refractivity contribution in [1.82, 2.24) is 14.5 Å². The molecule has 2 amide bonds. The smallest absolute Gasteiger partial charge is 0.245 e. The van der Waals surface area contributed by atoms with Gasteiger partial charge in [-0.1, -0.05) is 31.9 Å². The highest BCUT2D eigenvalue weighted by molar-refractivity contribution is 7.92. The predicted octanol–water partition coefficient (Wildman–Crippen LogP) is 2.56. The third-order valence-corrected chi connectivity index (χ3v) is 8.58. The van der Waals surface area contributed by atoms with E-state index in [0.29, 0.717) is 49.2 Å². The molecule has 11 heteroatoms. The molecule has 1 aromatic rings. The number of morpholine rings is 1. The minimum absolute atomic E-state index is 0.0460. The average molecular weight is 504 g/mol. The van der Waals surface area contributed by atoms with Gasteiger partial charge in [-0.3, -0.25) is 9.59 Å². The van der Waals surface area contributed by atoms with Crippen LogP contribution in [0.3, 0.4) is 0 Å². The number of sulfonamides is 1. The minimum Gasteiger partial charge on any atom is -0.378 e. The van der Waals surface area contributed by atoms with Crippen LogP contribution in [0.15, 0.2) is 17.5 Å². The van der Waals surface area contributed by atoms with E-state index in [4.69, 9.17) is 16.3 Å². The Kier molecular flexibility index (Phi) is 8.37. The number of allylic oxidation sites excluding steroid dienone is 1. The Morgan fingerprint density at radius 3 is 2.62 bits per heavy atom. The second kappa shape index (κ2) is 10.6. The maximum absolute atomic E-state index is 13.2. The molecule has 0 spiro atoms. The van der Waals surface area contributed by atoms with E-state index in [1.165, 1.54) is 11.3 Å². The Labute approximate surface area is 198 Å². The summed E-state index contributed by atoms with van der Waals surface area (Å²) in [6.45, 7) is 7.92. The summed E-state index contributed by atoms with van der Waals surface area (Å²) >= 11 is 7.22. The summed E-state index contributed by atoms with van der Waals surface area (Å²) in [5.74, 6) is -0.495. The molecule has 0 bridgehead atoms. The van der Waals surface area contributed by atoms with Gasteiger partial charge in [0.2, 0.25) is 21.8 Å². The molecule has 178 valence electrons. The van der Waals surface area contributed by atoms with Crippen LogP contribution in [0, 0.1) is 5.92 Å². The average Bonchev–Trinajstić information content (AvgIpc) is 3.34. The molecule has 3 heterocycles. The van der Waals surface area contributed by atoms with E-state index in [2.05, 4.69) is 4.72 Å². The Hall–Kier alpha value is -1.46. The largest absolute Gasteiger partial charge is 0.378 e. The molecule has 2 aliphatic rings. The second-order valence-electron chi connectivity index (χ2n) is 8.21. The molecule has 3 rings (SSSR count). The van der Waals surface area contributed by atoms with E-state index >= 15 is 0 Å². The van der Waals surface area contributed by atoms with Crippen LogP contribution in [0.25, 0.3) is 5.57 Å². The summed E-state index contributed by atoms with van der Waals surface area (Å²) in [6, 6.07) is 1.97. The Bertz CT molecular complexity index is 972. The van der Waals surface area contributed by atoms with Gasteiger partial charge in [0.25, 0.3) is 0 Å². The summed E-state index contributed by atoms with van der Waals surface area (Å²) in [5.41, 5.74) is 0.539. The predicted molar refractivity (Wildman–Crippen MR) is 126 cm³/mol. The number of halogens is 1. The standard InChI is InChI=1S/C21H30ClN3O5S2/c1-4-14(2)19(21(27)24-9-11-30-12-10-24)25-8-7-16(20(25)26)23-32(28,29)13-15(3)17-5-6-18(22)31-17/h5-6,13-14,16,19,23H,4,7-12H2,1-3H3/t14-,16-,19-/m0/s1. The Morgan fingerprint density at radius 2 is 2.03 bits per heavy atom.